The molecule has 0 fully saturated rings. The number of esters is 1. The van der Waals surface area contributed by atoms with Gasteiger partial charge in [-0.15, -0.1) is 0 Å². The van der Waals surface area contributed by atoms with Crippen molar-refractivity contribution in [3.8, 4) is 5.75 Å². The van der Waals surface area contributed by atoms with Gasteiger partial charge in [0.2, 0.25) is 0 Å². The summed E-state index contributed by atoms with van der Waals surface area (Å²) in [4.78, 5) is 25.3. The van der Waals surface area contributed by atoms with Crippen LogP contribution in [0, 0.1) is 19.7 Å². The summed E-state index contributed by atoms with van der Waals surface area (Å²) in [6, 6.07) is 15.1. The molecule has 4 rings (SSSR count). The van der Waals surface area contributed by atoms with Crippen molar-refractivity contribution in [2.75, 3.05) is 11.4 Å². The molecule has 10 heteroatoms. The first-order chi connectivity index (χ1) is 16.6. The van der Waals surface area contributed by atoms with Gasteiger partial charge in [-0.1, -0.05) is 18.2 Å². The zero-order chi connectivity index (χ0) is 25.3. The lowest BCUT2D eigenvalue weighted by atomic mass is 10.1. The second-order valence-corrected chi connectivity index (χ2v) is 9.32. The number of rotatable bonds is 5. The molecular weight excluding hydrogens is 477 g/mol. The summed E-state index contributed by atoms with van der Waals surface area (Å²) >= 11 is 0. The average molecular weight is 498 g/mol. The highest BCUT2D eigenvalue weighted by Crippen LogP contribution is 2.33. The monoisotopic (exact) mass is 497 g/mol. The van der Waals surface area contributed by atoms with Crippen LogP contribution in [0.25, 0.3) is 11.0 Å². The van der Waals surface area contributed by atoms with Crippen LogP contribution in [0.3, 0.4) is 0 Å². The molecule has 0 saturated heterocycles. The largest absolute Gasteiger partial charge is 0.465 e. The van der Waals surface area contributed by atoms with Gasteiger partial charge in [0.25, 0.3) is 10.0 Å². The van der Waals surface area contributed by atoms with E-state index in [1.165, 1.54) is 44.4 Å². The topological polar surface area (TPSA) is 103 Å². The molecule has 0 aliphatic rings. The fraction of sp³-hybridized carbons (Fsp3) is 0.120. The van der Waals surface area contributed by atoms with Crippen molar-refractivity contribution in [1.29, 1.82) is 0 Å². The predicted molar refractivity (Wildman–Crippen MR) is 126 cm³/mol. The molecule has 4 aromatic rings. The van der Waals surface area contributed by atoms with E-state index in [9.17, 15) is 22.4 Å². The number of carbonyl (C=O) groups excluding carboxylic acids is 2. The van der Waals surface area contributed by atoms with Crippen molar-refractivity contribution in [1.82, 2.24) is 0 Å². The van der Waals surface area contributed by atoms with Crippen LogP contribution >= 0.6 is 0 Å². The lowest BCUT2D eigenvalue weighted by molar-refractivity contribution is 0.0600. The quantitative estimate of drug-likeness (QED) is 0.342. The number of nitrogens with zero attached hydrogens (tertiary/aromatic N) is 1. The van der Waals surface area contributed by atoms with Crippen LogP contribution in [0.15, 0.2) is 76.0 Å². The van der Waals surface area contributed by atoms with Crippen molar-refractivity contribution in [3.05, 3.63) is 89.4 Å². The smallest absolute Gasteiger partial charge is 0.434 e. The van der Waals surface area contributed by atoms with Crippen molar-refractivity contribution in [2.45, 2.75) is 18.7 Å². The molecule has 35 heavy (non-hydrogen) atoms. The molecule has 0 saturated carbocycles. The Hall–Kier alpha value is -4.18. The first kappa shape index (κ1) is 24.0. The number of hydrogen-bond acceptors (Lipinski definition) is 7. The minimum atomic E-state index is -4.58. The van der Waals surface area contributed by atoms with Crippen LogP contribution in [-0.4, -0.2) is 27.6 Å². The Morgan fingerprint density at radius 2 is 1.69 bits per heavy atom. The third-order valence-corrected chi connectivity index (χ3v) is 7.10. The molecule has 1 amide bonds. The Labute approximate surface area is 200 Å². The maximum absolute atomic E-state index is 13.7. The number of carbonyl (C=O) groups is 2. The number of fused-ring (bicyclic) bond motifs is 1. The third-order valence-electron chi connectivity index (χ3n) is 5.24. The van der Waals surface area contributed by atoms with Gasteiger partial charge in [-0.25, -0.2) is 22.4 Å². The number of amides is 1. The summed E-state index contributed by atoms with van der Waals surface area (Å²) in [5, 5.41) is 0.246. The molecule has 0 atom stereocenters. The number of aryl methyl sites for hydroxylation is 2. The highest BCUT2D eigenvalue weighted by molar-refractivity contribution is 7.93. The fourth-order valence-electron chi connectivity index (χ4n) is 3.66. The van der Waals surface area contributed by atoms with Gasteiger partial charge in [0.15, 0.2) is 0 Å². The van der Waals surface area contributed by atoms with Crippen molar-refractivity contribution >= 4 is 38.7 Å². The highest BCUT2D eigenvalue weighted by atomic mass is 32.2. The van der Waals surface area contributed by atoms with Crippen LogP contribution in [0.1, 0.15) is 21.7 Å². The number of furan rings is 1. The van der Waals surface area contributed by atoms with E-state index in [-0.39, 0.29) is 38.6 Å². The molecule has 1 aromatic heterocycles. The molecule has 0 radical (unpaired) electrons. The SMILES string of the molecule is COC(=O)c1c(C)oc2ccc(N(C(=O)Oc3ccccc3)S(=O)(=O)c3ccc(F)cc3C)cc12. The van der Waals surface area contributed by atoms with Gasteiger partial charge in [-0.3, -0.25) is 0 Å². The summed E-state index contributed by atoms with van der Waals surface area (Å²) in [5.74, 6) is -0.935. The van der Waals surface area contributed by atoms with Gasteiger partial charge >= 0.3 is 12.1 Å². The number of ether oxygens (including phenoxy) is 2. The van der Waals surface area contributed by atoms with E-state index in [0.717, 1.165) is 18.2 Å². The number of para-hydroxylation sites is 1. The predicted octanol–water partition coefficient (Wildman–Crippen LogP) is 5.37. The Kier molecular flexibility index (Phi) is 6.31. The summed E-state index contributed by atoms with van der Waals surface area (Å²) in [7, 11) is -3.37. The Balaban J connectivity index is 1.91. The normalized spacial score (nSPS) is 11.3. The molecule has 0 N–H and O–H groups in total. The van der Waals surface area contributed by atoms with Crippen LogP contribution in [0.4, 0.5) is 14.9 Å². The zero-order valence-corrected chi connectivity index (χ0v) is 19.8. The van der Waals surface area contributed by atoms with Gasteiger partial charge in [0.1, 0.15) is 28.5 Å². The summed E-state index contributed by atoms with van der Waals surface area (Å²) < 4.78 is 57.3. The standard InChI is InChI=1S/C25H20FNO7S/c1-15-13-17(26)9-12-22(15)35(30,31)27(25(29)34-19-7-5-4-6-8-19)18-10-11-21-20(14-18)23(16(2)33-21)24(28)32-3/h4-14H,1-3H3. The molecule has 180 valence electrons. The maximum Gasteiger partial charge on any atom is 0.434 e. The maximum atomic E-state index is 13.7. The molecule has 0 aliphatic heterocycles. The number of methoxy groups -OCH3 is 1. The summed E-state index contributed by atoms with van der Waals surface area (Å²) in [6.45, 7) is 2.97. The molecule has 0 aliphatic carbocycles. The summed E-state index contributed by atoms with van der Waals surface area (Å²) in [6.07, 6.45) is -1.22. The molecule has 0 bridgehead atoms. The van der Waals surface area contributed by atoms with Crippen molar-refractivity contribution in [2.24, 2.45) is 0 Å². The first-order valence-electron chi connectivity index (χ1n) is 10.3. The van der Waals surface area contributed by atoms with E-state index < -0.39 is 27.9 Å². The second kappa shape index (κ2) is 9.22. The first-order valence-corrected chi connectivity index (χ1v) is 11.8. The molecule has 1 heterocycles. The van der Waals surface area contributed by atoms with E-state index >= 15 is 0 Å². The molecular formula is C25H20FNO7S. The van der Waals surface area contributed by atoms with E-state index in [2.05, 4.69) is 0 Å². The second-order valence-electron chi connectivity index (χ2n) is 7.57. The van der Waals surface area contributed by atoms with Crippen LogP contribution < -0.4 is 9.04 Å². The minimum Gasteiger partial charge on any atom is -0.465 e. The number of benzene rings is 3. The van der Waals surface area contributed by atoms with E-state index in [0.29, 0.717) is 9.89 Å². The third kappa shape index (κ3) is 4.47. The van der Waals surface area contributed by atoms with Crippen LogP contribution in [-0.2, 0) is 14.8 Å². The zero-order valence-electron chi connectivity index (χ0n) is 18.9. The number of hydrogen-bond donors (Lipinski definition) is 0. The molecule has 8 nitrogen and oxygen atoms in total. The summed E-state index contributed by atoms with van der Waals surface area (Å²) in [5.41, 5.74) is 0.362. The van der Waals surface area contributed by atoms with Gasteiger partial charge < -0.3 is 13.9 Å². The fourth-order valence-corrected chi connectivity index (χ4v) is 5.19. The van der Waals surface area contributed by atoms with Gasteiger partial charge in [-0.2, -0.15) is 4.31 Å². The average Bonchev–Trinajstić information content (AvgIpc) is 3.14. The van der Waals surface area contributed by atoms with Crippen molar-refractivity contribution in [3.63, 3.8) is 0 Å². The molecule has 3 aromatic carbocycles. The Morgan fingerprint density at radius 3 is 2.34 bits per heavy atom. The van der Waals surface area contributed by atoms with Gasteiger partial charge in [-0.05, 0) is 67.9 Å². The number of halogens is 1. The minimum absolute atomic E-state index is 0.0936. The molecule has 0 unspecified atom stereocenters. The van der Waals surface area contributed by atoms with Crippen molar-refractivity contribution < 1.29 is 36.3 Å². The van der Waals surface area contributed by atoms with Crippen LogP contribution in [0.5, 0.6) is 5.75 Å². The van der Waals surface area contributed by atoms with E-state index in [1.807, 2.05) is 0 Å². The Morgan fingerprint density at radius 1 is 0.971 bits per heavy atom. The van der Waals surface area contributed by atoms with E-state index in [1.54, 1.807) is 25.1 Å². The van der Waals surface area contributed by atoms with E-state index in [4.69, 9.17) is 13.9 Å². The van der Waals surface area contributed by atoms with Crippen LogP contribution in [0.2, 0.25) is 0 Å². The lowest BCUT2D eigenvalue weighted by Crippen LogP contribution is -2.39. The van der Waals surface area contributed by atoms with Gasteiger partial charge in [0.05, 0.1) is 17.7 Å². The lowest BCUT2D eigenvalue weighted by Gasteiger charge is -2.23. The highest BCUT2D eigenvalue weighted by Gasteiger charge is 2.35. The molecule has 0 spiro atoms. The number of sulfonamides is 1. The Bertz CT molecular complexity index is 1550. The number of anilines is 1. The van der Waals surface area contributed by atoms with Gasteiger partial charge in [0, 0.05) is 5.39 Å².